The lowest BCUT2D eigenvalue weighted by atomic mass is 10.1. The molecule has 7 heteroatoms. The Balaban J connectivity index is 1.30. The maximum absolute atomic E-state index is 12.5. The van der Waals surface area contributed by atoms with E-state index in [0.717, 1.165) is 10.9 Å². The third-order valence-electron chi connectivity index (χ3n) is 4.89. The number of hydrogen-bond acceptors (Lipinski definition) is 5. The number of ether oxygens (including phenoxy) is 2. The van der Waals surface area contributed by atoms with Gasteiger partial charge in [-0.3, -0.25) is 4.98 Å². The van der Waals surface area contributed by atoms with Crippen molar-refractivity contribution in [3.8, 4) is 11.5 Å². The molecule has 0 aliphatic carbocycles. The van der Waals surface area contributed by atoms with Gasteiger partial charge >= 0.3 is 12.1 Å². The molecule has 4 rings (SSSR count). The van der Waals surface area contributed by atoms with E-state index in [0.29, 0.717) is 37.4 Å². The Labute approximate surface area is 167 Å². The number of hydrogen-bond donors (Lipinski definition) is 1. The van der Waals surface area contributed by atoms with Crippen LogP contribution in [-0.4, -0.2) is 46.2 Å². The van der Waals surface area contributed by atoms with Crippen LogP contribution in [0.15, 0.2) is 60.8 Å². The predicted molar refractivity (Wildman–Crippen MR) is 106 cm³/mol. The number of carbonyl (C=O) groups excluding carboxylic acids is 1. The van der Waals surface area contributed by atoms with Gasteiger partial charge < -0.3 is 19.5 Å². The number of carboxylic acid groups (broad SMARTS) is 1. The van der Waals surface area contributed by atoms with Gasteiger partial charge in [-0.25, -0.2) is 9.59 Å². The van der Waals surface area contributed by atoms with Crippen LogP contribution in [0.3, 0.4) is 0 Å². The standard InChI is InChI=1S/C22H20N2O5/c25-21(26)16-4-6-17(7-5-16)28-18-9-12-24(13-10-18)22(27)29-19-8-3-15-2-1-11-23-20(15)14-19/h1-8,11,14,18H,9-10,12-13H2,(H,25,26). The molecular formula is C22H20N2O5. The molecule has 148 valence electrons. The average Bonchev–Trinajstić information content (AvgIpc) is 2.74. The Bertz CT molecular complexity index is 1030. The zero-order chi connectivity index (χ0) is 20.2. The number of nitrogens with zero attached hydrogens (tertiary/aromatic N) is 2. The van der Waals surface area contributed by atoms with E-state index in [4.69, 9.17) is 14.6 Å². The number of carboxylic acids is 1. The smallest absolute Gasteiger partial charge is 0.415 e. The SMILES string of the molecule is O=C(O)c1ccc(OC2CCN(C(=O)Oc3ccc4cccnc4c3)CC2)cc1. The second kappa shape index (κ2) is 8.18. The Morgan fingerprint density at radius 1 is 1.00 bits per heavy atom. The molecule has 29 heavy (non-hydrogen) atoms. The molecule has 2 heterocycles. The number of likely N-dealkylation sites (tertiary alicyclic amines) is 1. The molecule has 0 spiro atoms. The van der Waals surface area contributed by atoms with Crippen LogP contribution in [0, 0.1) is 0 Å². The highest BCUT2D eigenvalue weighted by Gasteiger charge is 2.25. The van der Waals surface area contributed by atoms with Crippen molar-refractivity contribution in [3.63, 3.8) is 0 Å². The third kappa shape index (κ3) is 4.45. The Kier molecular flexibility index (Phi) is 5.29. The highest BCUT2D eigenvalue weighted by Crippen LogP contribution is 2.22. The summed E-state index contributed by atoms with van der Waals surface area (Å²) in [6.45, 7) is 1.06. The second-order valence-corrected chi connectivity index (χ2v) is 6.86. The molecule has 1 aliphatic rings. The van der Waals surface area contributed by atoms with Crippen LogP contribution >= 0.6 is 0 Å². The van der Waals surface area contributed by atoms with Crippen molar-refractivity contribution in [1.29, 1.82) is 0 Å². The van der Waals surface area contributed by atoms with Crippen LogP contribution in [-0.2, 0) is 0 Å². The first-order valence-electron chi connectivity index (χ1n) is 9.40. The lowest BCUT2D eigenvalue weighted by molar-refractivity contribution is 0.0696. The zero-order valence-electron chi connectivity index (χ0n) is 15.7. The van der Waals surface area contributed by atoms with Crippen LogP contribution in [0.5, 0.6) is 11.5 Å². The van der Waals surface area contributed by atoms with Gasteiger partial charge in [-0.15, -0.1) is 0 Å². The van der Waals surface area contributed by atoms with Crippen molar-refractivity contribution in [1.82, 2.24) is 9.88 Å². The number of fused-ring (bicyclic) bond motifs is 1. The Hall–Kier alpha value is -3.61. The lowest BCUT2D eigenvalue weighted by Crippen LogP contribution is -2.43. The van der Waals surface area contributed by atoms with Gasteiger partial charge in [-0.1, -0.05) is 6.07 Å². The van der Waals surface area contributed by atoms with Crippen molar-refractivity contribution in [2.45, 2.75) is 18.9 Å². The number of benzene rings is 2. The molecular weight excluding hydrogens is 372 g/mol. The molecule has 0 bridgehead atoms. The average molecular weight is 392 g/mol. The number of aromatic nitrogens is 1. The molecule has 0 atom stereocenters. The summed E-state index contributed by atoms with van der Waals surface area (Å²) in [5.41, 5.74) is 0.998. The van der Waals surface area contributed by atoms with Crippen LogP contribution in [0.4, 0.5) is 4.79 Å². The molecule has 7 nitrogen and oxygen atoms in total. The fourth-order valence-corrected chi connectivity index (χ4v) is 3.30. The maximum Gasteiger partial charge on any atom is 0.415 e. The molecule has 0 unspecified atom stereocenters. The maximum atomic E-state index is 12.5. The van der Waals surface area contributed by atoms with Gasteiger partial charge in [-0.05, 0) is 42.5 Å². The Morgan fingerprint density at radius 2 is 1.72 bits per heavy atom. The van der Waals surface area contributed by atoms with Crippen LogP contribution in [0.1, 0.15) is 23.2 Å². The van der Waals surface area contributed by atoms with Crippen LogP contribution in [0.2, 0.25) is 0 Å². The highest BCUT2D eigenvalue weighted by molar-refractivity contribution is 5.87. The zero-order valence-corrected chi connectivity index (χ0v) is 15.7. The number of aromatic carboxylic acids is 1. The number of piperidine rings is 1. The van der Waals surface area contributed by atoms with Gasteiger partial charge in [0.15, 0.2) is 0 Å². The van der Waals surface area contributed by atoms with Gasteiger partial charge in [0.1, 0.15) is 17.6 Å². The van der Waals surface area contributed by atoms with Gasteiger partial charge in [0, 0.05) is 43.6 Å². The largest absolute Gasteiger partial charge is 0.490 e. The van der Waals surface area contributed by atoms with Crippen molar-refractivity contribution < 1.29 is 24.2 Å². The minimum Gasteiger partial charge on any atom is -0.490 e. The van der Waals surface area contributed by atoms with Crippen molar-refractivity contribution in [2.24, 2.45) is 0 Å². The van der Waals surface area contributed by atoms with Crippen molar-refractivity contribution in [2.75, 3.05) is 13.1 Å². The van der Waals surface area contributed by atoms with E-state index in [9.17, 15) is 9.59 Å². The summed E-state index contributed by atoms with van der Waals surface area (Å²) in [6, 6.07) is 15.5. The summed E-state index contributed by atoms with van der Waals surface area (Å²) in [5, 5.41) is 9.93. The summed E-state index contributed by atoms with van der Waals surface area (Å²) in [5.74, 6) is 0.128. The van der Waals surface area contributed by atoms with Gasteiger partial charge in [-0.2, -0.15) is 0 Å². The fraction of sp³-hybridized carbons (Fsp3) is 0.227. The van der Waals surface area contributed by atoms with E-state index >= 15 is 0 Å². The monoisotopic (exact) mass is 392 g/mol. The summed E-state index contributed by atoms with van der Waals surface area (Å²) < 4.78 is 11.4. The molecule has 1 saturated heterocycles. The first-order chi connectivity index (χ1) is 14.1. The number of rotatable bonds is 4. The number of carbonyl (C=O) groups is 2. The molecule has 3 aromatic rings. The first-order valence-corrected chi connectivity index (χ1v) is 9.40. The minimum atomic E-state index is -0.967. The third-order valence-corrected chi connectivity index (χ3v) is 4.89. The molecule has 1 aliphatic heterocycles. The van der Waals surface area contributed by atoms with E-state index in [2.05, 4.69) is 4.98 Å². The molecule has 0 radical (unpaired) electrons. The van der Waals surface area contributed by atoms with E-state index in [1.54, 1.807) is 35.4 Å². The van der Waals surface area contributed by atoms with E-state index in [-0.39, 0.29) is 17.8 Å². The van der Waals surface area contributed by atoms with Gasteiger partial charge in [0.25, 0.3) is 0 Å². The fourth-order valence-electron chi connectivity index (χ4n) is 3.30. The topological polar surface area (TPSA) is 89.0 Å². The summed E-state index contributed by atoms with van der Waals surface area (Å²) >= 11 is 0. The van der Waals surface area contributed by atoms with E-state index in [1.165, 1.54) is 12.1 Å². The van der Waals surface area contributed by atoms with Gasteiger partial charge in [0.2, 0.25) is 0 Å². The van der Waals surface area contributed by atoms with E-state index < -0.39 is 5.97 Å². The predicted octanol–water partition coefficient (Wildman–Crippen LogP) is 3.98. The first kappa shape index (κ1) is 18.7. The molecule has 1 N–H and O–H groups in total. The molecule has 1 amide bonds. The normalized spacial score (nSPS) is 14.6. The molecule has 2 aromatic carbocycles. The summed E-state index contributed by atoms with van der Waals surface area (Å²) in [4.78, 5) is 29.3. The molecule has 1 fully saturated rings. The highest BCUT2D eigenvalue weighted by atomic mass is 16.6. The summed E-state index contributed by atoms with van der Waals surface area (Å²) in [7, 11) is 0. The second-order valence-electron chi connectivity index (χ2n) is 6.86. The van der Waals surface area contributed by atoms with Crippen LogP contribution in [0.25, 0.3) is 10.9 Å². The van der Waals surface area contributed by atoms with Gasteiger partial charge in [0.05, 0.1) is 11.1 Å². The summed E-state index contributed by atoms with van der Waals surface area (Å²) in [6.07, 6.45) is 2.64. The van der Waals surface area contributed by atoms with Crippen molar-refractivity contribution in [3.05, 3.63) is 66.4 Å². The minimum absolute atomic E-state index is 0.0282. The number of amides is 1. The van der Waals surface area contributed by atoms with Crippen molar-refractivity contribution >= 4 is 23.0 Å². The quantitative estimate of drug-likeness (QED) is 0.723. The molecule has 0 saturated carbocycles. The Morgan fingerprint density at radius 3 is 2.45 bits per heavy atom. The lowest BCUT2D eigenvalue weighted by Gasteiger charge is -2.31. The van der Waals surface area contributed by atoms with Crippen LogP contribution < -0.4 is 9.47 Å². The molecule has 1 aromatic heterocycles. The number of pyridine rings is 1. The van der Waals surface area contributed by atoms with E-state index in [1.807, 2.05) is 18.2 Å².